The van der Waals surface area contributed by atoms with E-state index >= 15 is 0 Å². The van der Waals surface area contributed by atoms with Gasteiger partial charge in [-0.3, -0.25) is 0 Å². The van der Waals surface area contributed by atoms with Gasteiger partial charge < -0.3 is 10.6 Å². The molecule has 0 aromatic heterocycles. The fourth-order valence-corrected chi connectivity index (χ4v) is 2.27. The standard InChI is InChI=1S/C16H20N2.Na/c1-11-12(2)16(18(3)4)10-9-15(11)13-5-7-14(17)8-6-13;/h5-10H,17H2,1-4H3;. The van der Waals surface area contributed by atoms with E-state index in [0.29, 0.717) is 0 Å². The summed E-state index contributed by atoms with van der Waals surface area (Å²) >= 11 is 0. The van der Waals surface area contributed by atoms with Crippen LogP contribution in [0.4, 0.5) is 11.4 Å². The summed E-state index contributed by atoms with van der Waals surface area (Å²) in [6, 6.07) is 12.4. The number of nitrogens with zero attached hydrogens (tertiary/aromatic N) is 1. The zero-order valence-corrected chi connectivity index (χ0v) is 14.5. The van der Waals surface area contributed by atoms with E-state index in [4.69, 9.17) is 5.73 Å². The molecule has 95 valence electrons. The van der Waals surface area contributed by atoms with Gasteiger partial charge in [-0.1, -0.05) is 18.2 Å². The van der Waals surface area contributed by atoms with Crippen LogP contribution in [0.1, 0.15) is 11.1 Å². The number of hydrogen-bond donors (Lipinski definition) is 1. The number of nitrogens with two attached hydrogens (primary N) is 1. The van der Waals surface area contributed by atoms with Crippen molar-refractivity contribution in [1.29, 1.82) is 0 Å². The number of nitrogen functional groups attached to an aromatic ring is 1. The average molecular weight is 263 g/mol. The Bertz CT molecular complexity index is 560. The molecule has 1 radical (unpaired) electrons. The quantitative estimate of drug-likeness (QED) is 0.665. The van der Waals surface area contributed by atoms with E-state index < -0.39 is 0 Å². The van der Waals surface area contributed by atoms with Crippen LogP contribution in [-0.2, 0) is 0 Å². The smallest absolute Gasteiger partial charge is 0.0393 e. The minimum Gasteiger partial charge on any atom is -0.399 e. The molecule has 0 amide bonds. The summed E-state index contributed by atoms with van der Waals surface area (Å²) < 4.78 is 0. The molecule has 0 aliphatic heterocycles. The Morgan fingerprint density at radius 2 is 1.42 bits per heavy atom. The molecule has 0 fully saturated rings. The normalized spacial score (nSPS) is 9.89. The van der Waals surface area contributed by atoms with Crippen molar-refractivity contribution >= 4 is 40.9 Å². The van der Waals surface area contributed by atoms with Gasteiger partial charge in [0.2, 0.25) is 0 Å². The predicted molar refractivity (Wildman–Crippen MR) is 85.8 cm³/mol. The molecule has 0 unspecified atom stereocenters. The molecular formula is C16H20N2Na. The monoisotopic (exact) mass is 263 g/mol. The first kappa shape index (κ1) is 16.1. The summed E-state index contributed by atoms with van der Waals surface area (Å²) in [4.78, 5) is 2.15. The van der Waals surface area contributed by atoms with Crippen LogP contribution in [0.15, 0.2) is 36.4 Å². The average Bonchev–Trinajstić information content (AvgIpc) is 2.33. The third-order valence-electron chi connectivity index (χ3n) is 3.46. The molecule has 0 aliphatic rings. The van der Waals surface area contributed by atoms with Gasteiger partial charge in [-0.15, -0.1) is 0 Å². The van der Waals surface area contributed by atoms with Crippen molar-refractivity contribution in [3.05, 3.63) is 47.5 Å². The Labute approximate surface area is 137 Å². The molecule has 2 rings (SSSR count). The van der Waals surface area contributed by atoms with Crippen LogP contribution in [0.5, 0.6) is 0 Å². The van der Waals surface area contributed by atoms with Gasteiger partial charge >= 0.3 is 0 Å². The van der Waals surface area contributed by atoms with Gasteiger partial charge in [0.05, 0.1) is 0 Å². The van der Waals surface area contributed by atoms with Crippen molar-refractivity contribution in [3.8, 4) is 11.1 Å². The largest absolute Gasteiger partial charge is 0.399 e. The molecule has 0 saturated carbocycles. The zero-order valence-electron chi connectivity index (χ0n) is 12.5. The van der Waals surface area contributed by atoms with Crippen molar-refractivity contribution in [2.45, 2.75) is 13.8 Å². The summed E-state index contributed by atoms with van der Waals surface area (Å²) in [5.41, 5.74) is 13.0. The fraction of sp³-hybridized carbons (Fsp3) is 0.250. The molecule has 0 heterocycles. The first-order valence-corrected chi connectivity index (χ1v) is 6.14. The maximum atomic E-state index is 5.73. The molecular weight excluding hydrogens is 243 g/mol. The van der Waals surface area contributed by atoms with E-state index in [-0.39, 0.29) is 29.6 Å². The molecule has 0 atom stereocenters. The van der Waals surface area contributed by atoms with Gasteiger partial charge in [0.1, 0.15) is 0 Å². The summed E-state index contributed by atoms with van der Waals surface area (Å²) in [5.74, 6) is 0. The summed E-state index contributed by atoms with van der Waals surface area (Å²) in [6.45, 7) is 4.35. The number of benzene rings is 2. The van der Waals surface area contributed by atoms with E-state index in [0.717, 1.165) is 5.69 Å². The predicted octanol–water partition coefficient (Wildman–Crippen LogP) is 3.24. The molecule has 0 saturated heterocycles. The maximum absolute atomic E-state index is 5.73. The first-order valence-electron chi connectivity index (χ1n) is 6.14. The Balaban J connectivity index is 0.00000180. The van der Waals surface area contributed by atoms with Crippen LogP contribution in [0.25, 0.3) is 11.1 Å². The molecule has 2 aromatic rings. The van der Waals surface area contributed by atoms with E-state index in [2.05, 4.69) is 57.1 Å². The van der Waals surface area contributed by atoms with Gasteiger partial charge in [0.15, 0.2) is 0 Å². The number of hydrogen-bond acceptors (Lipinski definition) is 2. The maximum Gasteiger partial charge on any atom is 0.0393 e. The van der Waals surface area contributed by atoms with Crippen LogP contribution in [0, 0.1) is 13.8 Å². The molecule has 2 aromatic carbocycles. The third-order valence-corrected chi connectivity index (χ3v) is 3.46. The Kier molecular flexibility index (Phi) is 5.48. The minimum absolute atomic E-state index is 0. The van der Waals surface area contributed by atoms with Gasteiger partial charge in [0.25, 0.3) is 0 Å². The number of rotatable bonds is 2. The molecule has 0 aliphatic carbocycles. The van der Waals surface area contributed by atoms with E-state index in [1.807, 2.05) is 12.1 Å². The van der Waals surface area contributed by atoms with Crippen LogP contribution >= 0.6 is 0 Å². The first-order chi connectivity index (χ1) is 8.50. The fourth-order valence-electron chi connectivity index (χ4n) is 2.27. The molecule has 0 spiro atoms. The van der Waals surface area contributed by atoms with Crippen LogP contribution in [-0.4, -0.2) is 43.7 Å². The second-order valence-corrected chi connectivity index (χ2v) is 4.90. The van der Waals surface area contributed by atoms with Crippen molar-refractivity contribution in [2.24, 2.45) is 0 Å². The van der Waals surface area contributed by atoms with Gasteiger partial charge in [-0.05, 0) is 54.3 Å². The van der Waals surface area contributed by atoms with E-state index in [1.54, 1.807) is 0 Å². The summed E-state index contributed by atoms with van der Waals surface area (Å²) in [5, 5.41) is 0. The Morgan fingerprint density at radius 3 is 1.95 bits per heavy atom. The minimum atomic E-state index is 0. The van der Waals surface area contributed by atoms with Crippen molar-refractivity contribution < 1.29 is 0 Å². The number of anilines is 2. The van der Waals surface area contributed by atoms with Gasteiger partial charge in [0, 0.05) is 55.0 Å². The zero-order chi connectivity index (χ0) is 13.3. The van der Waals surface area contributed by atoms with Crippen molar-refractivity contribution in [2.75, 3.05) is 24.7 Å². The topological polar surface area (TPSA) is 29.3 Å². The van der Waals surface area contributed by atoms with Gasteiger partial charge in [-0.25, -0.2) is 0 Å². The Morgan fingerprint density at radius 1 is 0.842 bits per heavy atom. The third kappa shape index (κ3) is 3.33. The molecule has 0 bridgehead atoms. The van der Waals surface area contributed by atoms with Crippen LogP contribution < -0.4 is 10.6 Å². The van der Waals surface area contributed by atoms with E-state index in [9.17, 15) is 0 Å². The Hall–Kier alpha value is -0.960. The van der Waals surface area contributed by atoms with Crippen molar-refractivity contribution in [3.63, 3.8) is 0 Å². The van der Waals surface area contributed by atoms with E-state index in [1.165, 1.54) is 27.9 Å². The molecule has 19 heavy (non-hydrogen) atoms. The molecule has 2 N–H and O–H groups in total. The second kappa shape index (κ2) is 6.47. The molecule has 3 heteroatoms. The second-order valence-electron chi connectivity index (χ2n) is 4.90. The van der Waals surface area contributed by atoms with Gasteiger partial charge in [-0.2, -0.15) is 0 Å². The van der Waals surface area contributed by atoms with Crippen LogP contribution in [0.2, 0.25) is 0 Å². The van der Waals surface area contributed by atoms with Crippen molar-refractivity contribution in [1.82, 2.24) is 0 Å². The summed E-state index contributed by atoms with van der Waals surface area (Å²) in [7, 11) is 4.15. The SMILES string of the molecule is Cc1c(-c2ccc(N)cc2)ccc(N(C)C)c1C.[Na]. The summed E-state index contributed by atoms with van der Waals surface area (Å²) in [6.07, 6.45) is 0. The molecule has 2 nitrogen and oxygen atoms in total. The van der Waals surface area contributed by atoms with Crippen LogP contribution in [0.3, 0.4) is 0 Å².